The van der Waals surface area contributed by atoms with Gasteiger partial charge in [0, 0.05) is 10.9 Å². The van der Waals surface area contributed by atoms with Crippen LogP contribution in [0.1, 0.15) is 5.56 Å². The molecule has 1 aromatic carbocycles. The van der Waals surface area contributed by atoms with E-state index >= 15 is 0 Å². The minimum atomic E-state index is 0.0259. The first-order valence-corrected chi connectivity index (χ1v) is 6.33. The lowest BCUT2D eigenvalue weighted by molar-refractivity contribution is 0.969. The number of nitrogens with one attached hydrogen (secondary N) is 2. The molecule has 2 heterocycles. The number of hydrogen-bond donors (Lipinski definition) is 3. The zero-order chi connectivity index (χ0) is 13.2. The first kappa shape index (κ1) is 11.7. The number of aromatic nitrogens is 4. The third kappa shape index (κ3) is 2.27. The monoisotopic (exact) mass is 270 g/mol. The Labute approximate surface area is 113 Å². The van der Waals surface area contributed by atoms with Crippen molar-refractivity contribution >= 4 is 28.5 Å². The van der Waals surface area contributed by atoms with Gasteiger partial charge in [0.05, 0.1) is 5.52 Å². The molecular weight excluding hydrogens is 260 g/mol. The van der Waals surface area contributed by atoms with Crippen molar-refractivity contribution in [2.75, 3.05) is 0 Å². The summed E-state index contributed by atoms with van der Waals surface area (Å²) in [5.74, 6) is 0.0259. The van der Waals surface area contributed by atoms with Crippen molar-refractivity contribution in [3.8, 4) is 0 Å². The molecule has 94 valence electrons. The van der Waals surface area contributed by atoms with Crippen LogP contribution in [0.2, 0.25) is 0 Å². The van der Waals surface area contributed by atoms with Gasteiger partial charge in [-0.3, -0.25) is 10.5 Å². The molecule has 6 nitrogen and oxygen atoms in total. The Morgan fingerprint density at radius 2 is 2.16 bits per heavy atom. The zero-order valence-corrected chi connectivity index (χ0v) is 10.6. The number of nitrogens with zero attached hydrogens (tertiary/aromatic N) is 3. The number of hydrogen-bond acceptors (Lipinski definition) is 5. The maximum Gasteiger partial charge on any atom is 0.189 e. The van der Waals surface area contributed by atoms with Gasteiger partial charge in [-0.1, -0.05) is 18.2 Å². The van der Waals surface area contributed by atoms with Gasteiger partial charge in [0.1, 0.15) is 17.2 Å². The molecule has 19 heavy (non-hydrogen) atoms. The fraction of sp³-hybridized carbons (Fsp3) is 0. The molecule has 0 fully saturated rings. The van der Waals surface area contributed by atoms with Crippen molar-refractivity contribution in [3.63, 3.8) is 0 Å². The molecule has 0 unspecified atom stereocenters. The van der Waals surface area contributed by atoms with E-state index < -0.39 is 0 Å². The van der Waals surface area contributed by atoms with Crippen LogP contribution in [0.4, 0.5) is 0 Å². The average molecular weight is 270 g/mol. The highest BCUT2D eigenvalue weighted by Gasteiger charge is 2.09. The number of benzene rings is 1. The van der Waals surface area contributed by atoms with Crippen LogP contribution in [0.3, 0.4) is 0 Å². The largest absolute Gasteiger partial charge is 0.384 e. The van der Waals surface area contributed by atoms with Crippen molar-refractivity contribution in [2.45, 2.75) is 10.2 Å². The number of fused-ring (bicyclic) bond motifs is 1. The average Bonchev–Trinajstić information content (AvgIpc) is 2.90. The summed E-state index contributed by atoms with van der Waals surface area (Å²) in [7, 11) is 0. The standard InChI is InChI=1S/C12H10N6S/c13-11(14)8-5-10(19-12-15-6-16-18-12)17-9-4-2-1-3-7(8)9/h1-6H,(H3,13,14)(H,15,16,18). The molecule has 0 amide bonds. The maximum atomic E-state index is 7.67. The molecule has 0 bridgehead atoms. The van der Waals surface area contributed by atoms with Crippen LogP contribution in [-0.2, 0) is 0 Å². The Hall–Kier alpha value is -2.41. The number of aromatic amines is 1. The highest BCUT2D eigenvalue weighted by Crippen LogP contribution is 2.27. The van der Waals surface area contributed by atoms with Crippen LogP contribution in [0, 0.1) is 5.41 Å². The van der Waals surface area contributed by atoms with Gasteiger partial charge < -0.3 is 5.73 Å². The summed E-state index contributed by atoms with van der Waals surface area (Å²) in [6.07, 6.45) is 1.44. The Kier molecular flexibility index (Phi) is 2.88. The maximum absolute atomic E-state index is 7.67. The van der Waals surface area contributed by atoms with E-state index in [4.69, 9.17) is 11.1 Å². The van der Waals surface area contributed by atoms with Crippen LogP contribution in [0.15, 0.2) is 46.8 Å². The molecule has 0 aliphatic heterocycles. The second-order valence-electron chi connectivity index (χ2n) is 3.83. The van der Waals surface area contributed by atoms with Gasteiger partial charge in [0.2, 0.25) is 0 Å². The number of amidine groups is 1. The van der Waals surface area contributed by atoms with Gasteiger partial charge in [0.15, 0.2) is 5.16 Å². The molecule has 0 saturated carbocycles. The lowest BCUT2D eigenvalue weighted by atomic mass is 10.1. The number of rotatable bonds is 3. The summed E-state index contributed by atoms with van der Waals surface area (Å²) >= 11 is 1.35. The quantitative estimate of drug-likeness (QED) is 0.497. The fourth-order valence-corrected chi connectivity index (χ4v) is 2.49. The highest BCUT2D eigenvalue weighted by molar-refractivity contribution is 7.99. The van der Waals surface area contributed by atoms with Gasteiger partial charge in [-0.2, -0.15) is 5.10 Å². The Morgan fingerprint density at radius 3 is 2.89 bits per heavy atom. The number of pyridine rings is 1. The molecule has 0 aliphatic carbocycles. The molecule has 2 aromatic heterocycles. The summed E-state index contributed by atoms with van der Waals surface area (Å²) < 4.78 is 0. The van der Waals surface area contributed by atoms with E-state index in [-0.39, 0.29) is 5.84 Å². The lowest BCUT2D eigenvalue weighted by Crippen LogP contribution is -2.12. The Bertz CT molecular complexity index is 737. The molecule has 3 rings (SSSR count). The highest BCUT2D eigenvalue weighted by atomic mass is 32.2. The minimum absolute atomic E-state index is 0.0259. The predicted molar refractivity (Wildman–Crippen MR) is 73.3 cm³/mol. The van der Waals surface area contributed by atoms with Gasteiger partial charge in [-0.25, -0.2) is 9.97 Å². The molecule has 0 radical (unpaired) electrons. The summed E-state index contributed by atoms with van der Waals surface area (Å²) in [5, 5.41) is 16.5. The van der Waals surface area contributed by atoms with Crippen LogP contribution >= 0.6 is 11.8 Å². The SMILES string of the molecule is N=C(N)c1cc(Sc2ncn[nH]2)nc2ccccc12. The number of nitrogen functional groups attached to an aromatic ring is 1. The van der Waals surface area contributed by atoms with Crippen molar-refractivity contribution in [2.24, 2.45) is 5.73 Å². The van der Waals surface area contributed by atoms with E-state index in [1.807, 2.05) is 24.3 Å². The van der Waals surface area contributed by atoms with Crippen LogP contribution in [-0.4, -0.2) is 26.0 Å². The van der Waals surface area contributed by atoms with E-state index in [0.29, 0.717) is 10.7 Å². The zero-order valence-electron chi connectivity index (χ0n) is 9.79. The van der Waals surface area contributed by atoms with E-state index in [1.54, 1.807) is 6.07 Å². The predicted octanol–water partition coefficient (Wildman–Crippen LogP) is 1.79. The summed E-state index contributed by atoms with van der Waals surface area (Å²) in [4.78, 5) is 8.55. The van der Waals surface area contributed by atoms with Crippen molar-refractivity contribution < 1.29 is 0 Å². The van der Waals surface area contributed by atoms with Crippen molar-refractivity contribution in [3.05, 3.63) is 42.2 Å². The number of nitrogens with two attached hydrogens (primary N) is 1. The summed E-state index contributed by atoms with van der Waals surface area (Å²) in [6, 6.07) is 9.40. The molecule has 7 heteroatoms. The first-order chi connectivity index (χ1) is 9.24. The molecule has 0 aliphatic rings. The Morgan fingerprint density at radius 1 is 1.32 bits per heavy atom. The normalized spacial score (nSPS) is 10.7. The van der Waals surface area contributed by atoms with Crippen LogP contribution in [0.25, 0.3) is 10.9 Å². The molecule has 4 N–H and O–H groups in total. The smallest absolute Gasteiger partial charge is 0.189 e. The second-order valence-corrected chi connectivity index (χ2v) is 4.84. The topological polar surface area (TPSA) is 104 Å². The van der Waals surface area contributed by atoms with Gasteiger partial charge in [-0.15, -0.1) is 0 Å². The first-order valence-electron chi connectivity index (χ1n) is 5.51. The second kappa shape index (κ2) is 4.69. The minimum Gasteiger partial charge on any atom is -0.384 e. The van der Waals surface area contributed by atoms with Crippen molar-refractivity contribution in [1.29, 1.82) is 5.41 Å². The van der Waals surface area contributed by atoms with E-state index in [0.717, 1.165) is 15.9 Å². The molecule has 0 saturated heterocycles. The van der Waals surface area contributed by atoms with Crippen molar-refractivity contribution in [1.82, 2.24) is 20.2 Å². The fourth-order valence-electron chi connectivity index (χ4n) is 1.77. The van der Waals surface area contributed by atoms with E-state index in [9.17, 15) is 0 Å². The Balaban J connectivity index is 2.13. The molecule has 0 spiro atoms. The van der Waals surface area contributed by atoms with E-state index in [2.05, 4.69) is 20.2 Å². The van der Waals surface area contributed by atoms with Gasteiger partial charge in [0.25, 0.3) is 0 Å². The molecule has 0 atom stereocenters. The molecule has 3 aromatic rings. The third-order valence-electron chi connectivity index (χ3n) is 2.58. The van der Waals surface area contributed by atoms with E-state index in [1.165, 1.54) is 18.1 Å². The third-order valence-corrected chi connectivity index (χ3v) is 3.39. The van der Waals surface area contributed by atoms with Gasteiger partial charge in [-0.05, 0) is 23.9 Å². The van der Waals surface area contributed by atoms with Crippen LogP contribution < -0.4 is 5.73 Å². The van der Waals surface area contributed by atoms with Crippen LogP contribution in [0.5, 0.6) is 0 Å². The van der Waals surface area contributed by atoms with Gasteiger partial charge >= 0.3 is 0 Å². The number of H-pyrrole nitrogens is 1. The molecular formula is C12H10N6S. The lowest BCUT2D eigenvalue weighted by Gasteiger charge is -2.07. The summed E-state index contributed by atoms with van der Waals surface area (Å²) in [5.41, 5.74) is 7.11. The summed E-state index contributed by atoms with van der Waals surface area (Å²) in [6.45, 7) is 0. The number of para-hydroxylation sites is 1.